The molecule has 0 saturated carbocycles. The molecule has 0 radical (unpaired) electrons. The first-order valence-electron chi connectivity index (χ1n) is 8.60. The third-order valence-corrected chi connectivity index (χ3v) is 4.12. The molecule has 0 spiro atoms. The van der Waals surface area contributed by atoms with E-state index in [1.165, 1.54) is 0 Å². The van der Waals surface area contributed by atoms with Gasteiger partial charge < -0.3 is 24.8 Å². The zero-order chi connectivity index (χ0) is 17.6. The van der Waals surface area contributed by atoms with Gasteiger partial charge in [0.1, 0.15) is 0 Å². The summed E-state index contributed by atoms with van der Waals surface area (Å²) in [5.74, 6) is 0.642. The molecule has 25 heavy (non-hydrogen) atoms. The first kappa shape index (κ1) is 17.3. The van der Waals surface area contributed by atoms with Crippen molar-refractivity contribution in [1.82, 2.24) is 10.5 Å². The number of ether oxygens (including phenoxy) is 1. The Hall–Kier alpha value is -2.54. The van der Waals surface area contributed by atoms with Crippen LogP contribution >= 0.6 is 0 Å². The Morgan fingerprint density at radius 3 is 2.84 bits per heavy atom. The first-order chi connectivity index (χ1) is 12.1. The topological polar surface area (TPSA) is 79.6 Å². The molecule has 7 nitrogen and oxygen atoms in total. The van der Waals surface area contributed by atoms with Crippen LogP contribution in [0, 0.1) is 0 Å². The van der Waals surface area contributed by atoms with Crippen molar-refractivity contribution in [3.63, 3.8) is 0 Å². The summed E-state index contributed by atoms with van der Waals surface area (Å²) in [7, 11) is 0. The maximum absolute atomic E-state index is 12.0. The second kappa shape index (κ2) is 8.02. The van der Waals surface area contributed by atoms with Crippen LogP contribution in [-0.4, -0.2) is 37.0 Å². The fraction of sp³-hybridized carbons (Fsp3) is 0.444. The number of morpholine rings is 1. The van der Waals surface area contributed by atoms with E-state index in [2.05, 4.69) is 27.6 Å². The van der Waals surface area contributed by atoms with Gasteiger partial charge in [0.2, 0.25) is 0 Å². The van der Waals surface area contributed by atoms with Crippen molar-refractivity contribution in [2.24, 2.45) is 0 Å². The smallest absolute Gasteiger partial charge is 0.319 e. The highest BCUT2D eigenvalue weighted by Gasteiger charge is 2.16. The second-order valence-corrected chi connectivity index (χ2v) is 6.12. The van der Waals surface area contributed by atoms with Crippen molar-refractivity contribution < 1.29 is 14.1 Å². The van der Waals surface area contributed by atoms with Crippen LogP contribution in [0.15, 0.2) is 34.9 Å². The van der Waals surface area contributed by atoms with Crippen molar-refractivity contribution >= 4 is 17.4 Å². The number of urea groups is 1. The van der Waals surface area contributed by atoms with Crippen LogP contribution in [0.2, 0.25) is 0 Å². The maximum Gasteiger partial charge on any atom is 0.319 e. The highest BCUT2D eigenvalue weighted by atomic mass is 16.5. The Morgan fingerprint density at radius 1 is 1.36 bits per heavy atom. The normalized spacial score (nSPS) is 17.4. The minimum Gasteiger partial charge on any atom is -0.375 e. The quantitative estimate of drug-likeness (QED) is 0.872. The minimum absolute atomic E-state index is 0.238. The number of amides is 2. The van der Waals surface area contributed by atoms with Crippen LogP contribution in [0.3, 0.4) is 0 Å². The van der Waals surface area contributed by atoms with E-state index in [-0.39, 0.29) is 12.1 Å². The first-order valence-corrected chi connectivity index (χ1v) is 8.60. The van der Waals surface area contributed by atoms with Crippen LogP contribution < -0.4 is 15.5 Å². The molecule has 1 aromatic carbocycles. The highest BCUT2D eigenvalue weighted by Crippen LogP contribution is 2.20. The molecular formula is C18H24N4O3. The highest BCUT2D eigenvalue weighted by molar-refractivity contribution is 5.89. The Kier molecular flexibility index (Phi) is 5.55. The molecule has 2 amide bonds. The van der Waals surface area contributed by atoms with E-state index in [0.717, 1.165) is 43.2 Å². The number of rotatable bonds is 5. The molecule has 1 aliphatic rings. The fourth-order valence-electron chi connectivity index (χ4n) is 2.76. The van der Waals surface area contributed by atoms with E-state index in [1.54, 1.807) is 0 Å². The van der Waals surface area contributed by atoms with E-state index in [4.69, 9.17) is 9.26 Å². The largest absolute Gasteiger partial charge is 0.375 e. The number of aryl methyl sites for hydroxylation is 1. The van der Waals surface area contributed by atoms with Gasteiger partial charge in [-0.25, -0.2) is 4.79 Å². The van der Waals surface area contributed by atoms with E-state index in [0.29, 0.717) is 12.3 Å². The SMILES string of the molecule is CCc1cc(CNC(=O)Nc2ccc(N3CCO[C@@H](C)C3)cc2)on1. The molecule has 1 fully saturated rings. The molecule has 2 aromatic rings. The molecule has 2 N–H and O–H groups in total. The number of hydrogen-bond donors (Lipinski definition) is 2. The zero-order valence-corrected chi connectivity index (χ0v) is 14.6. The van der Waals surface area contributed by atoms with Gasteiger partial charge in [0.05, 0.1) is 24.9 Å². The summed E-state index contributed by atoms with van der Waals surface area (Å²) in [5, 5.41) is 9.47. The van der Waals surface area contributed by atoms with Gasteiger partial charge in [-0.1, -0.05) is 12.1 Å². The Morgan fingerprint density at radius 2 is 2.16 bits per heavy atom. The molecule has 2 heterocycles. The predicted molar refractivity (Wildman–Crippen MR) is 95.8 cm³/mol. The van der Waals surface area contributed by atoms with E-state index < -0.39 is 0 Å². The van der Waals surface area contributed by atoms with Crippen LogP contribution in [-0.2, 0) is 17.7 Å². The lowest BCUT2D eigenvalue weighted by Crippen LogP contribution is -2.41. The van der Waals surface area contributed by atoms with Gasteiger partial charge in [-0.2, -0.15) is 0 Å². The van der Waals surface area contributed by atoms with E-state index >= 15 is 0 Å². The molecule has 0 bridgehead atoms. The monoisotopic (exact) mass is 344 g/mol. The van der Waals surface area contributed by atoms with Crippen molar-refractivity contribution in [3.05, 3.63) is 41.8 Å². The fourth-order valence-corrected chi connectivity index (χ4v) is 2.76. The molecule has 134 valence electrons. The summed E-state index contributed by atoms with van der Waals surface area (Å²) in [4.78, 5) is 14.3. The Bertz CT molecular complexity index is 699. The van der Waals surface area contributed by atoms with Crippen molar-refractivity contribution in [1.29, 1.82) is 0 Å². The lowest BCUT2D eigenvalue weighted by Gasteiger charge is -2.33. The zero-order valence-electron chi connectivity index (χ0n) is 14.6. The lowest BCUT2D eigenvalue weighted by molar-refractivity contribution is 0.0532. The molecule has 7 heteroatoms. The van der Waals surface area contributed by atoms with Crippen molar-refractivity contribution in [2.75, 3.05) is 29.9 Å². The van der Waals surface area contributed by atoms with Gasteiger partial charge in [0.15, 0.2) is 5.76 Å². The summed E-state index contributed by atoms with van der Waals surface area (Å²) in [6, 6.07) is 9.40. The van der Waals surface area contributed by atoms with Crippen LogP contribution in [0.25, 0.3) is 0 Å². The Balaban J connectivity index is 1.49. The summed E-state index contributed by atoms with van der Waals surface area (Å²) < 4.78 is 10.7. The number of carbonyl (C=O) groups is 1. The standard InChI is InChI=1S/C18H24N4O3/c1-3-14-10-17(25-21-14)11-19-18(23)20-15-4-6-16(7-5-15)22-8-9-24-13(2)12-22/h4-7,10,13H,3,8-9,11-12H2,1-2H3,(H2,19,20,23)/t13-/m0/s1. The second-order valence-electron chi connectivity index (χ2n) is 6.12. The number of carbonyl (C=O) groups excluding carboxylic acids is 1. The van der Waals surface area contributed by atoms with Gasteiger partial charge in [-0.3, -0.25) is 0 Å². The maximum atomic E-state index is 12.0. The van der Waals surface area contributed by atoms with Crippen LogP contribution in [0.4, 0.5) is 16.2 Å². The summed E-state index contributed by atoms with van der Waals surface area (Å²) in [6.45, 7) is 6.89. The number of anilines is 2. The number of nitrogens with one attached hydrogen (secondary N) is 2. The van der Waals surface area contributed by atoms with E-state index in [9.17, 15) is 4.79 Å². The molecule has 0 unspecified atom stereocenters. The molecule has 1 atom stereocenters. The molecule has 1 aliphatic heterocycles. The number of benzene rings is 1. The number of nitrogens with zero attached hydrogens (tertiary/aromatic N) is 2. The lowest BCUT2D eigenvalue weighted by atomic mass is 10.2. The van der Waals surface area contributed by atoms with Crippen LogP contribution in [0.1, 0.15) is 25.3 Å². The van der Waals surface area contributed by atoms with E-state index in [1.807, 2.05) is 37.3 Å². The third kappa shape index (κ3) is 4.73. The van der Waals surface area contributed by atoms with Gasteiger partial charge >= 0.3 is 6.03 Å². The molecule has 3 rings (SSSR count). The van der Waals surface area contributed by atoms with Gasteiger partial charge in [0.25, 0.3) is 0 Å². The third-order valence-electron chi connectivity index (χ3n) is 4.12. The number of hydrogen-bond acceptors (Lipinski definition) is 5. The average molecular weight is 344 g/mol. The van der Waals surface area contributed by atoms with Crippen molar-refractivity contribution in [3.8, 4) is 0 Å². The van der Waals surface area contributed by atoms with Crippen molar-refractivity contribution in [2.45, 2.75) is 32.9 Å². The van der Waals surface area contributed by atoms with Gasteiger partial charge in [0, 0.05) is 30.5 Å². The molecule has 1 saturated heterocycles. The number of aromatic nitrogens is 1. The van der Waals surface area contributed by atoms with Gasteiger partial charge in [-0.15, -0.1) is 0 Å². The summed E-state index contributed by atoms with van der Waals surface area (Å²) >= 11 is 0. The van der Waals surface area contributed by atoms with Gasteiger partial charge in [-0.05, 0) is 37.6 Å². The molecule has 1 aromatic heterocycles. The van der Waals surface area contributed by atoms with Crippen LogP contribution in [0.5, 0.6) is 0 Å². The summed E-state index contributed by atoms with van der Waals surface area (Å²) in [6.07, 6.45) is 1.05. The minimum atomic E-state index is -0.276. The predicted octanol–water partition coefficient (Wildman–Crippen LogP) is 2.78. The summed E-state index contributed by atoms with van der Waals surface area (Å²) in [5.41, 5.74) is 2.76. The molecular weight excluding hydrogens is 320 g/mol. The molecule has 0 aliphatic carbocycles. The average Bonchev–Trinajstić information content (AvgIpc) is 3.09. The Labute approximate surface area is 147 Å².